The highest BCUT2D eigenvalue weighted by Crippen LogP contribution is 2.19. The Balaban J connectivity index is 2.15. The predicted octanol–water partition coefficient (Wildman–Crippen LogP) is 0.888. The number of hydrogen-bond donors (Lipinski definition) is 2. The maximum Gasteiger partial charge on any atom is 0.320 e. The van der Waals surface area contributed by atoms with E-state index in [-0.39, 0.29) is 6.03 Å². The third-order valence-electron chi connectivity index (χ3n) is 2.71. The smallest absolute Gasteiger partial charge is 0.320 e. The van der Waals surface area contributed by atoms with E-state index in [1.165, 1.54) is 0 Å². The number of carbonyl (C=O) groups is 1. The number of amides is 2. The van der Waals surface area contributed by atoms with Gasteiger partial charge in [-0.05, 0) is 12.1 Å². The number of anilines is 1. The molecule has 1 aliphatic rings. The van der Waals surface area contributed by atoms with E-state index in [2.05, 4.69) is 10.4 Å². The van der Waals surface area contributed by atoms with E-state index < -0.39 is 0 Å². The number of rotatable bonds is 3. The summed E-state index contributed by atoms with van der Waals surface area (Å²) < 4.78 is 0. The zero-order valence-corrected chi connectivity index (χ0v) is 10.2. The van der Waals surface area contributed by atoms with Gasteiger partial charge >= 0.3 is 6.03 Å². The number of nitrogens with zero attached hydrogens (tertiary/aromatic N) is 3. The van der Waals surface area contributed by atoms with E-state index in [1.807, 2.05) is 0 Å². The Kier molecular flexibility index (Phi) is 3.35. The van der Waals surface area contributed by atoms with Crippen LogP contribution in [-0.2, 0) is 6.54 Å². The van der Waals surface area contributed by atoms with Crippen LogP contribution >= 0.6 is 11.6 Å². The SMILES string of the molecule is CN1CCN(Cc2nc(NN)ccc2Cl)C1=O. The molecule has 1 aromatic heterocycles. The summed E-state index contributed by atoms with van der Waals surface area (Å²) in [4.78, 5) is 19.3. The fourth-order valence-corrected chi connectivity index (χ4v) is 1.87. The van der Waals surface area contributed by atoms with Crippen molar-refractivity contribution in [2.45, 2.75) is 6.54 Å². The molecule has 1 aliphatic heterocycles. The molecule has 3 N–H and O–H groups in total. The number of hydrazine groups is 1. The highest BCUT2D eigenvalue weighted by Gasteiger charge is 2.26. The minimum Gasteiger partial charge on any atom is -0.326 e. The summed E-state index contributed by atoms with van der Waals surface area (Å²) in [6, 6.07) is 3.39. The second-order valence-corrected chi connectivity index (χ2v) is 4.30. The Morgan fingerprint density at radius 1 is 1.53 bits per heavy atom. The lowest BCUT2D eigenvalue weighted by atomic mass is 10.3. The van der Waals surface area contributed by atoms with Crippen LogP contribution in [0.25, 0.3) is 0 Å². The van der Waals surface area contributed by atoms with Crippen LogP contribution in [0.2, 0.25) is 5.02 Å². The van der Waals surface area contributed by atoms with Gasteiger partial charge in [-0.15, -0.1) is 0 Å². The molecule has 0 atom stereocenters. The minimum absolute atomic E-state index is 0.00558. The average molecular weight is 256 g/mol. The second kappa shape index (κ2) is 4.77. The monoisotopic (exact) mass is 255 g/mol. The van der Waals surface area contributed by atoms with Gasteiger partial charge in [0.15, 0.2) is 0 Å². The van der Waals surface area contributed by atoms with Gasteiger partial charge in [0.1, 0.15) is 5.82 Å². The summed E-state index contributed by atoms with van der Waals surface area (Å²) in [5.41, 5.74) is 3.10. The molecule has 0 radical (unpaired) electrons. The molecule has 2 amide bonds. The van der Waals surface area contributed by atoms with Gasteiger partial charge in [-0.3, -0.25) is 0 Å². The Morgan fingerprint density at radius 3 is 2.88 bits per heavy atom. The molecule has 92 valence electrons. The number of nitrogen functional groups attached to an aromatic ring is 1. The van der Waals surface area contributed by atoms with Crippen molar-refractivity contribution in [1.29, 1.82) is 0 Å². The van der Waals surface area contributed by atoms with Gasteiger partial charge in [0.2, 0.25) is 0 Å². The van der Waals surface area contributed by atoms with Gasteiger partial charge in [0.05, 0.1) is 17.3 Å². The molecule has 6 nitrogen and oxygen atoms in total. The largest absolute Gasteiger partial charge is 0.326 e. The molecule has 0 bridgehead atoms. The molecule has 2 rings (SSSR count). The summed E-state index contributed by atoms with van der Waals surface area (Å²) in [6.45, 7) is 1.82. The Labute approximate surface area is 104 Å². The normalized spacial score (nSPS) is 15.6. The second-order valence-electron chi connectivity index (χ2n) is 3.90. The molecule has 0 aliphatic carbocycles. The van der Waals surface area contributed by atoms with Crippen LogP contribution in [0, 0.1) is 0 Å². The van der Waals surface area contributed by atoms with Gasteiger partial charge < -0.3 is 15.2 Å². The molecule has 1 aromatic rings. The number of pyridine rings is 1. The van der Waals surface area contributed by atoms with Crippen molar-refractivity contribution in [2.24, 2.45) is 5.84 Å². The molecule has 1 saturated heterocycles. The van der Waals surface area contributed by atoms with Gasteiger partial charge in [-0.2, -0.15) is 0 Å². The summed E-state index contributed by atoms with van der Waals surface area (Å²) in [5.74, 6) is 5.81. The van der Waals surface area contributed by atoms with E-state index >= 15 is 0 Å². The number of aromatic nitrogens is 1. The maximum absolute atomic E-state index is 11.7. The summed E-state index contributed by atoms with van der Waals surface area (Å²) >= 11 is 6.03. The highest BCUT2D eigenvalue weighted by molar-refractivity contribution is 6.31. The van der Waals surface area contributed by atoms with Crippen LogP contribution in [0.15, 0.2) is 12.1 Å². The number of nitrogens with one attached hydrogen (secondary N) is 1. The van der Waals surface area contributed by atoms with E-state index in [4.69, 9.17) is 17.4 Å². The zero-order chi connectivity index (χ0) is 12.4. The lowest BCUT2D eigenvalue weighted by molar-refractivity contribution is 0.196. The predicted molar refractivity (Wildman–Crippen MR) is 65.5 cm³/mol. The van der Waals surface area contributed by atoms with E-state index in [0.29, 0.717) is 29.6 Å². The molecule has 0 saturated carbocycles. The number of halogens is 1. The fourth-order valence-electron chi connectivity index (χ4n) is 1.71. The van der Waals surface area contributed by atoms with E-state index in [1.54, 1.807) is 29.0 Å². The van der Waals surface area contributed by atoms with Crippen LogP contribution < -0.4 is 11.3 Å². The molecular formula is C10H14ClN5O. The summed E-state index contributed by atoms with van der Waals surface area (Å²) in [5, 5.41) is 0.534. The molecule has 2 heterocycles. The van der Waals surface area contributed by atoms with E-state index in [0.717, 1.165) is 6.54 Å². The van der Waals surface area contributed by atoms with Crippen LogP contribution in [-0.4, -0.2) is 41.0 Å². The van der Waals surface area contributed by atoms with Gasteiger partial charge in [0, 0.05) is 20.1 Å². The summed E-state index contributed by atoms with van der Waals surface area (Å²) in [6.07, 6.45) is 0. The summed E-state index contributed by atoms with van der Waals surface area (Å²) in [7, 11) is 1.77. The van der Waals surface area contributed by atoms with Gasteiger partial charge in [-0.25, -0.2) is 15.6 Å². The number of hydrogen-bond acceptors (Lipinski definition) is 4. The van der Waals surface area contributed by atoms with Crippen LogP contribution in [0.4, 0.5) is 10.6 Å². The molecule has 0 unspecified atom stereocenters. The fraction of sp³-hybridized carbons (Fsp3) is 0.400. The van der Waals surface area contributed by atoms with Crippen molar-refractivity contribution in [1.82, 2.24) is 14.8 Å². The van der Waals surface area contributed by atoms with Crippen molar-refractivity contribution in [3.63, 3.8) is 0 Å². The quantitative estimate of drug-likeness (QED) is 0.621. The zero-order valence-electron chi connectivity index (χ0n) is 9.48. The average Bonchev–Trinajstić information content (AvgIpc) is 2.64. The highest BCUT2D eigenvalue weighted by atomic mass is 35.5. The number of nitrogens with two attached hydrogens (primary N) is 1. The van der Waals surface area contributed by atoms with Crippen LogP contribution in [0.5, 0.6) is 0 Å². The van der Waals surface area contributed by atoms with E-state index in [9.17, 15) is 4.79 Å². The third-order valence-corrected chi connectivity index (χ3v) is 3.05. The van der Waals surface area contributed by atoms with Crippen molar-refractivity contribution >= 4 is 23.4 Å². The lowest BCUT2D eigenvalue weighted by Crippen LogP contribution is -2.29. The topological polar surface area (TPSA) is 74.5 Å². The van der Waals surface area contributed by atoms with Gasteiger partial charge in [0.25, 0.3) is 0 Å². The van der Waals surface area contributed by atoms with Crippen LogP contribution in [0.3, 0.4) is 0 Å². The molecule has 7 heteroatoms. The first-order valence-electron chi connectivity index (χ1n) is 5.24. The molecule has 0 aromatic carbocycles. The first-order chi connectivity index (χ1) is 8.11. The lowest BCUT2D eigenvalue weighted by Gasteiger charge is -2.16. The Morgan fingerprint density at radius 2 is 2.29 bits per heavy atom. The third kappa shape index (κ3) is 2.42. The van der Waals surface area contributed by atoms with Crippen molar-refractivity contribution in [3.8, 4) is 0 Å². The standard InChI is InChI=1S/C10H14ClN5O/c1-15-4-5-16(10(15)17)6-8-7(11)2-3-9(13-8)14-12/h2-3H,4-6,12H2,1H3,(H,13,14). The maximum atomic E-state index is 11.7. The van der Waals surface area contributed by atoms with Crippen molar-refractivity contribution in [2.75, 3.05) is 25.6 Å². The Hall–Kier alpha value is -1.53. The Bertz CT molecular complexity index is 439. The first kappa shape index (κ1) is 11.9. The molecule has 0 spiro atoms. The minimum atomic E-state index is -0.00558. The molecule has 17 heavy (non-hydrogen) atoms. The van der Waals surface area contributed by atoms with Crippen molar-refractivity contribution in [3.05, 3.63) is 22.8 Å². The first-order valence-corrected chi connectivity index (χ1v) is 5.61. The van der Waals surface area contributed by atoms with Crippen molar-refractivity contribution < 1.29 is 4.79 Å². The van der Waals surface area contributed by atoms with Crippen LogP contribution in [0.1, 0.15) is 5.69 Å². The number of likely N-dealkylation sites (N-methyl/N-ethyl adjacent to an activating group) is 1. The number of carbonyl (C=O) groups excluding carboxylic acids is 1. The van der Waals surface area contributed by atoms with Gasteiger partial charge in [-0.1, -0.05) is 11.6 Å². The molecular weight excluding hydrogens is 242 g/mol. The molecule has 1 fully saturated rings. The number of urea groups is 1.